The topological polar surface area (TPSA) is 18.5 Å². The fourth-order valence-corrected chi connectivity index (χ4v) is 10.6. The molecule has 4 bridgehead atoms. The maximum Gasteiger partial charge on any atom is 0.494 e. The number of hydrogen-bond acceptors (Lipinski definition) is 2. The summed E-state index contributed by atoms with van der Waals surface area (Å²) in [7, 11) is -0.333. The van der Waals surface area contributed by atoms with Crippen molar-refractivity contribution in [1.82, 2.24) is 0 Å². The molecule has 1 heterocycles. The normalized spacial score (nSPS) is 34.2. The third kappa shape index (κ3) is 2.71. The monoisotopic (exact) mass is 528 g/mol. The molecule has 7 aliphatic rings. The first-order valence-electron chi connectivity index (χ1n) is 15.8. The molecule has 1 spiro atoms. The van der Waals surface area contributed by atoms with E-state index in [9.17, 15) is 0 Å². The van der Waals surface area contributed by atoms with Gasteiger partial charge in [0.15, 0.2) is 0 Å². The SMILES string of the molecule is CC1(C)c2cc(B3OC(C)(C)C(C)(C)O3)ccc2-c2c1ccc1c2C2(c3ccccc3-1)C1CC3CC(C1)CC2C3. The van der Waals surface area contributed by atoms with Gasteiger partial charge in [0.05, 0.1) is 11.2 Å². The number of rotatable bonds is 1. The van der Waals surface area contributed by atoms with Crippen LogP contribution in [0.3, 0.4) is 0 Å². The van der Waals surface area contributed by atoms with Crippen molar-refractivity contribution in [3.63, 3.8) is 0 Å². The summed E-state index contributed by atoms with van der Waals surface area (Å²) in [6.07, 6.45) is 7.16. The summed E-state index contributed by atoms with van der Waals surface area (Å²) in [4.78, 5) is 0. The third-order valence-electron chi connectivity index (χ3n) is 12.9. The van der Waals surface area contributed by atoms with Gasteiger partial charge in [-0.15, -0.1) is 0 Å². The molecule has 3 aromatic carbocycles. The van der Waals surface area contributed by atoms with Crippen LogP contribution >= 0.6 is 0 Å². The van der Waals surface area contributed by atoms with Gasteiger partial charge in [-0.1, -0.05) is 68.4 Å². The molecule has 5 fully saturated rings. The molecular formula is C37H41BO2. The fraction of sp³-hybridized carbons (Fsp3) is 0.514. The van der Waals surface area contributed by atoms with E-state index in [1.54, 1.807) is 16.7 Å². The lowest BCUT2D eigenvalue weighted by Crippen LogP contribution is -2.55. The largest absolute Gasteiger partial charge is 0.494 e. The van der Waals surface area contributed by atoms with Crippen LogP contribution in [0.15, 0.2) is 54.6 Å². The summed E-state index contributed by atoms with van der Waals surface area (Å²) in [5.74, 6) is 3.45. The van der Waals surface area contributed by atoms with E-state index in [0.717, 1.165) is 29.1 Å². The van der Waals surface area contributed by atoms with Gasteiger partial charge < -0.3 is 9.31 Å². The van der Waals surface area contributed by atoms with E-state index in [2.05, 4.69) is 96.1 Å². The van der Waals surface area contributed by atoms with Crippen LogP contribution in [0.4, 0.5) is 0 Å². The molecule has 0 N–H and O–H groups in total. The van der Waals surface area contributed by atoms with Crippen molar-refractivity contribution >= 4 is 12.6 Å². The maximum atomic E-state index is 6.50. The molecule has 0 aromatic heterocycles. The zero-order chi connectivity index (χ0) is 27.4. The van der Waals surface area contributed by atoms with Crippen molar-refractivity contribution < 1.29 is 9.31 Å². The summed E-state index contributed by atoms with van der Waals surface area (Å²) < 4.78 is 13.0. The number of benzene rings is 3. The Balaban J connectivity index is 1.27. The van der Waals surface area contributed by atoms with Gasteiger partial charge in [0.2, 0.25) is 0 Å². The molecule has 1 saturated heterocycles. The second kappa shape index (κ2) is 7.34. The van der Waals surface area contributed by atoms with Crippen molar-refractivity contribution in [2.45, 2.75) is 95.7 Å². The molecule has 204 valence electrons. The molecule has 3 aromatic rings. The van der Waals surface area contributed by atoms with E-state index in [-0.39, 0.29) is 29.2 Å². The molecule has 3 heteroatoms. The van der Waals surface area contributed by atoms with Crippen LogP contribution in [0.5, 0.6) is 0 Å². The van der Waals surface area contributed by atoms with Crippen molar-refractivity contribution in [3.8, 4) is 22.3 Å². The average molecular weight is 529 g/mol. The van der Waals surface area contributed by atoms with Gasteiger partial charge in [-0.05, 0) is 133 Å². The van der Waals surface area contributed by atoms with Gasteiger partial charge in [-0.3, -0.25) is 0 Å². The summed E-state index contributed by atoms with van der Waals surface area (Å²) in [5.41, 5.74) is 12.9. The Morgan fingerprint density at radius 2 is 1.25 bits per heavy atom. The summed E-state index contributed by atoms with van der Waals surface area (Å²) in [5, 5.41) is 0. The minimum absolute atomic E-state index is 0.0682. The van der Waals surface area contributed by atoms with Crippen LogP contribution in [0.1, 0.15) is 95.9 Å². The molecule has 6 aliphatic carbocycles. The quantitative estimate of drug-likeness (QED) is 0.298. The van der Waals surface area contributed by atoms with Crippen LogP contribution in [-0.2, 0) is 20.1 Å². The molecule has 2 nitrogen and oxygen atoms in total. The van der Waals surface area contributed by atoms with Gasteiger partial charge in [-0.2, -0.15) is 0 Å². The van der Waals surface area contributed by atoms with E-state index >= 15 is 0 Å². The molecule has 40 heavy (non-hydrogen) atoms. The van der Waals surface area contributed by atoms with Crippen LogP contribution in [-0.4, -0.2) is 18.3 Å². The first kappa shape index (κ1) is 24.3. The third-order valence-corrected chi connectivity index (χ3v) is 12.9. The van der Waals surface area contributed by atoms with Gasteiger partial charge in [0.25, 0.3) is 0 Å². The van der Waals surface area contributed by atoms with Gasteiger partial charge >= 0.3 is 7.12 Å². The van der Waals surface area contributed by atoms with E-state index in [1.165, 1.54) is 59.9 Å². The highest BCUT2D eigenvalue weighted by atomic mass is 16.7. The Morgan fingerprint density at radius 3 is 1.93 bits per heavy atom. The molecule has 0 radical (unpaired) electrons. The Morgan fingerprint density at radius 1 is 0.625 bits per heavy atom. The van der Waals surface area contributed by atoms with Crippen molar-refractivity contribution in [1.29, 1.82) is 0 Å². The lowest BCUT2D eigenvalue weighted by Gasteiger charge is -2.61. The van der Waals surface area contributed by atoms with Crippen LogP contribution in [0.2, 0.25) is 0 Å². The van der Waals surface area contributed by atoms with E-state index in [1.807, 2.05) is 0 Å². The minimum atomic E-state index is -0.340. The predicted octanol–water partition coefficient (Wildman–Crippen LogP) is 8.01. The van der Waals surface area contributed by atoms with E-state index in [4.69, 9.17) is 9.31 Å². The minimum Gasteiger partial charge on any atom is -0.399 e. The second-order valence-electron chi connectivity index (χ2n) is 15.6. The molecule has 0 atom stereocenters. The van der Waals surface area contributed by atoms with Gasteiger partial charge in [-0.25, -0.2) is 0 Å². The smallest absolute Gasteiger partial charge is 0.399 e. The Hall–Kier alpha value is -2.36. The van der Waals surface area contributed by atoms with Crippen LogP contribution < -0.4 is 5.46 Å². The highest BCUT2D eigenvalue weighted by Gasteiger charge is 2.63. The highest BCUT2D eigenvalue weighted by molar-refractivity contribution is 6.62. The van der Waals surface area contributed by atoms with Crippen LogP contribution in [0, 0.1) is 23.7 Å². The molecule has 0 unspecified atom stereocenters. The predicted molar refractivity (Wildman–Crippen MR) is 163 cm³/mol. The van der Waals surface area contributed by atoms with Crippen molar-refractivity contribution in [3.05, 3.63) is 76.9 Å². The van der Waals surface area contributed by atoms with Crippen molar-refractivity contribution in [2.75, 3.05) is 0 Å². The first-order valence-corrected chi connectivity index (χ1v) is 15.8. The van der Waals surface area contributed by atoms with Gasteiger partial charge in [0.1, 0.15) is 0 Å². The lowest BCUT2D eigenvalue weighted by atomic mass is 9.42. The summed E-state index contributed by atoms with van der Waals surface area (Å²) >= 11 is 0. The molecular weight excluding hydrogens is 487 g/mol. The zero-order valence-electron chi connectivity index (χ0n) is 24.9. The number of fused-ring (bicyclic) bond motifs is 7. The Bertz CT molecular complexity index is 1570. The second-order valence-corrected chi connectivity index (χ2v) is 15.6. The molecule has 1 aliphatic heterocycles. The van der Waals surface area contributed by atoms with E-state index < -0.39 is 0 Å². The van der Waals surface area contributed by atoms with E-state index in [0.29, 0.717) is 0 Å². The van der Waals surface area contributed by atoms with Gasteiger partial charge in [0, 0.05) is 10.8 Å². The first-order chi connectivity index (χ1) is 19.0. The summed E-state index contributed by atoms with van der Waals surface area (Å²) in [6.45, 7) is 13.4. The average Bonchev–Trinajstić information content (AvgIpc) is 3.42. The van der Waals surface area contributed by atoms with Crippen molar-refractivity contribution in [2.24, 2.45) is 23.7 Å². The standard InChI is InChI=1S/C37H41BO2/c1-34(2)30-14-13-27-26-9-7-8-10-29(26)37(23-16-21-15-22(18-23)19-24(37)17-21)33(27)32(30)28-12-11-25(20-31(28)34)38-39-35(3,4)36(5,6)40-38/h7-14,20-24H,15-19H2,1-6H3. The Kier molecular flexibility index (Phi) is 4.45. The molecule has 4 saturated carbocycles. The summed E-state index contributed by atoms with van der Waals surface area (Å²) in [6, 6.07) is 21.6. The number of hydrogen-bond donors (Lipinski definition) is 0. The maximum absolute atomic E-state index is 6.50. The fourth-order valence-electron chi connectivity index (χ4n) is 10.6. The Labute approximate surface area is 240 Å². The lowest BCUT2D eigenvalue weighted by molar-refractivity contribution is -0.0397. The molecule has 0 amide bonds. The molecule has 10 rings (SSSR count). The highest BCUT2D eigenvalue weighted by Crippen LogP contribution is 2.71. The van der Waals surface area contributed by atoms with Crippen LogP contribution in [0.25, 0.3) is 22.3 Å². The zero-order valence-corrected chi connectivity index (χ0v) is 24.9.